The van der Waals surface area contributed by atoms with E-state index >= 15 is 0 Å². The van der Waals surface area contributed by atoms with Gasteiger partial charge >= 0.3 is 0 Å². The van der Waals surface area contributed by atoms with Crippen molar-refractivity contribution in [2.24, 2.45) is 0 Å². The molecule has 0 bridgehead atoms. The van der Waals surface area contributed by atoms with Crippen LogP contribution in [0.25, 0.3) is 0 Å². The van der Waals surface area contributed by atoms with Gasteiger partial charge in [-0.1, -0.05) is 36.4 Å². The van der Waals surface area contributed by atoms with Crippen LogP contribution in [0.1, 0.15) is 15.9 Å². The van der Waals surface area contributed by atoms with Crippen LogP contribution in [0.3, 0.4) is 0 Å². The lowest BCUT2D eigenvalue weighted by Crippen LogP contribution is -2.36. The van der Waals surface area contributed by atoms with Gasteiger partial charge in [0.2, 0.25) is 5.91 Å². The van der Waals surface area contributed by atoms with Gasteiger partial charge in [-0.15, -0.1) is 0 Å². The molecule has 0 aromatic heterocycles. The minimum absolute atomic E-state index is 0.0881. The normalized spacial score (nSPS) is 13.1. The molecule has 0 radical (unpaired) electrons. The van der Waals surface area contributed by atoms with Gasteiger partial charge in [-0.05, 0) is 23.8 Å². The van der Waals surface area contributed by atoms with Gasteiger partial charge in [-0.2, -0.15) is 0 Å². The predicted molar refractivity (Wildman–Crippen MR) is 81.3 cm³/mol. The van der Waals surface area contributed by atoms with E-state index in [4.69, 9.17) is 0 Å². The number of para-hydroxylation sites is 1. The molecule has 1 aliphatic heterocycles. The summed E-state index contributed by atoms with van der Waals surface area (Å²) in [6.45, 7) is 0.933. The van der Waals surface area contributed by atoms with E-state index in [0.29, 0.717) is 25.1 Å². The SMILES string of the molecule is O=C(NCCN1C(=O)Cc2ccccc21)c1ccccc1. The number of fused-ring (bicyclic) bond motifs is 1. The van der Waals surface area contributed by atoms with Crippen molar-refractivity contribution in [1.82, 2.24) is 5.32 Å². The molecule has 0 spiro atoms. The summed E-state index contributed by atoms with van der Waals surface area (Å²) in [6.07, 6.45) is 0.447. The highest BCUT2D eigenvalue weighted by Gasteiger charge is 2.26. The number of nitrogens with one attached hydrogen (secondary N) is 1. The highest BCUT2D eigenvalue weighted by molar-refractivity contribution is 6.01. The minimum atomic E-state index is -0.115. The predicted octanol–water partition coefficient (Wildman–Crippen LogP) is 2.01. The van der Waals surface area contributed by atoms with Crippen molar-refractivity contribution in [1.29, 1.82) is 0 Å². The van der Waals surface area contributed by atoms with Crippen molar-refractivity contribution < 1.29 is 9.59 Å². The molecule has 0 saturated carbocycles. The number of nitrogens with zero attached hydrogens (tertiary/aromatic N) is 1. The first kappa shape index (κ1) is 13.4. The van der Waals surface area contributed by atoms with E-state index in [9.17, 15) is 9.59 Å². The number of amides is 2. The fraction of sp³-hybridized carbons (Fsp3) is 0.176. The maximum absolute atomic E-state index is 12.0. The van der Waals surface area contributed by atoms with Gasteiger partial charge in [-0.3, -0.25) is 9.59 Å². The van der Waals surface area contributed by atoms with Gasteiger partial charge in [0.25, 0.3) is 5.91 Å². The highest BCUT2D eigenvalue weighted by Crippen LogP contribution is 2.27. The average molecular weight is 280 g/mol. The molecule has 0 saturated heterocycles. The van der Waals surface area contributed by atoms with Crippen molar-refractivity contribution in [2.45, 2.75) is 6.42 Å². The summed E-state index contributed by atoms with van der Waals surface area (Å²) in [5, 5.41) is 2.84. The van der Waals surface area contributed by atoms with Crippen LogP contribution >= 0.6 is 0 Å². The quantitative estimate of drug-likeness (QED) is 0.931. The molecule has 3 rings (SSSR count). The van der Waals surface area contributed by atoms with Crippen LogP contribution < -0.4 is 10.2 Å². The summed E-state index contributed by atoms with van der Waals surface area (Å²) in [4.78, 5) is 25.7. The smallest absolute Gasteiger partial charge is 0.251 e. The number of benzene rings is 2. The zero-order valence-corrected chi connectivity index (χ0v) is 11.6. The Hall–Kier alpha value is -2.62. The maximum atomic E-state index is 12.0. The van der Waals surface area contributed by atoms with E-state index in [1.54, 1.807) is 17.0 Å². The summed E-state index contributed by atoms with van der Waals surface area (Å²) in [7, 11) is 0. The van der Waals surface area contributed by atoms with Crippen molar-refractivity contribution in [2.75, 3.05) is 18.0 Å². The second-order valence-electron chi connectivity index (χ2n) is 4.97. The average Bonchev–Trinajstić information content (AvgIpc) is 2.84. The molecule has 1 N–H and O–H groups in total. The first-order valence-corrected chi connectivity index (χ1v) is 6.97. The van der Waals surface area contributed by atoms with E-state index in [1.807, 2.05) is 42.5 Å². The van der Waals surface area contributed by atoms with Crippen LogP contribution in [0.5, 0.6) is 0 Å². The van der Waals surface area contributed by atoms with Crippen LogP contribution in [0.15, 0.2) is 54.6 Å². The molecule has 2 aromatic carbocycles. The molecule has 21 heavy (non-hydrogen) atoms. The van der Waals surface area contributed by atoms with Gasteiger partial charge < -0.3 is 10.2 Å². The molecule has 1 aliphatic rings. The third-order valence-electron chi connectivity index (χ3n) is 3.58. The fourth-order valence-electron chi connectivity index (χ4n) is 2.53. The topological polar surface area (TPSA) is 49.4 Å². The summed E-state index contributed by atoms with van der Waals surface area (Å²) < 4.78 is 0. The van der Waals surface area contributed by atoms with Crippen molar-refractivity contribution in [3.8, 4) is 0 Å². The lowest BCUT2D eigenvalue weighted by atomic mass is 10.2. The standard InChI is InChI=1S/C17H16N2O2/c20-16-12-14-8-4-5-9-15(14)19(16)11-10-18-17(21)13-6-2-1-3-7-13/h1-9H,10-12H2,(H,18,21). The molecule has 0 fully saturated rings. The molecule has 0 aliphatic carbocycles. The summed E-state index contributed by atoms with van der Waals surface area (Å²) >= 11 is 0. The Morgan fingerprint density at radius 3 is 2.57 bits per heavy atom. The monoisotopic (exact) mass is 280 g/mol. The van der Waals surface area contributed by atoms with Gasteiger partial charge in [0, 0.05) is 24.3 Å². The summed E-state index contributed by atoms with van der Waals surface area (Å²) in [6, 6.07) is 16.8. The van der Waals surface area contributed by atoms with Crippen LogP contribution in [0.4, 0.5) is 5.69 Å². The van der Waals surface area contributed by atoms with E-state index in [-0.39, 0.29) is 11.8 Å². The van der Waals surface area contributed by atoms with Gasteiger partial charge in [0.05, 0.1) is 6.42 Å². The molecule has 1 heterocycles. The number of anilines is 1. The van der Waals surface area contributed by atoms with Crippen LogP contribution in [0.2, 0.25) is 0 Å². The molecule has 4 nitrogen and oxygen atoms in total. The second-order valence-corrected chi connectivity index (χ2v) is 4.97. The van der Waals surface area contributed by atoms with Crippen LogP contribution in [0, 0.1) is 0 Å². The Bertz CT molecular complexity index is 668. The van der Waals surface area contributed by atoms with Crippen LogP contribution in [-0.2, 0) is 11.2 Å². The van der Waals surface area contributed by atoms with Crippen molar-refractivity contribution in [3.63, 3.8) is 0 Å². The number of hydrogen-bond acceptors (Lipinski definition) is 2. The number of carbonyl (C=O) groups excluding carboxylic acids is 2. The lowest BCUT2D eigenvalue weighted by Gasteiger charge is -2.17. The largest absolute Gasteiger partial charge is 0.350 e. The first-order chi connectivity index (χ1) is 10.3. The molecular formula is C17H16N2O2. The van der Waals surface area contributed by atoms with E-state index in [1.165, 1.54) is 0 Å². The molecule has 0 atom stereocenters. The van der Waals surface area contributed by atoms with Gasteiger partial charge in [0.1, 0.15) is 0 Å². The van der Waals surface area contributed by atoms with Gasteiger partial charge in [-0.25, -0.2) is 0 Å². The van der Waals surface area contributed by atoms with E-state index < -0.39 is 0 Å². The number of carbonyl (C=O) groups is 2. The Balaban J connectivity index is 1.59. The Morgan fingerprint density at radius 1 is 1.05 bits per heavy atom. The number of hydrogen-bond donors (Lipinski definition) is 1. The Morgan fingerprint density at radius 2 is 1.76 bits per heavy atom. The second kappa shape index (κ2) is 5.79. The third-order valence-corrected chi connectivity index (χ3v) is 3.58. The molecule has 106 valence electrons. The zero-order chi connectivity index (χ0) is 14.7. The lowest BCUT2D eigenvalue weighted by molar-refractivity contribution is -0.117. The molecule has 2 amide bonds. The highest BCUT2D eigenvalue weighted by atomic mass is 16.2. The summed E-state index contributed by atoms with van der Waals surface area (Å²) in [5.41, 5.74) is 2.64. The zero-order valence-electron chi connectivity index (χ0n) is 11.6. The van der Waals surface area contributed by atoms with Crippen molar-refractivity contribution >= 4 is 17.5 Å². The first-order valence-electron chi connectivity index (χ1n) is 6.97. The van der Waals surface area contributed by atoms with Crippen molar-refractivity contribution in [3.05, 3.63) is 65.7 Å². The molecule has 4 heteroatoms. The molecular weight excluding hydrogens is 264 g/mol. The molecule has 0 unspecified atom stereocenters. The Kier molecular flexibility index (Phi) is 3.69. The minimum Gasteiger partial charge on any atom is -0.350 e. The number of rotatable bonds is 4. The maximum Gasteiger partial charge on any atom is 0.251 e. The van der Waals surface area contributed by atoms with Crippen LogP contribution in [-0.4, -0.2) is 24.9 Å². The third kappa shape index (κ3) is 2.79. The van der Waals surface area contributed by atoms with E-state index in [0.717, 1.165) is 11.3 Å². The molecule has 2 aromatic rings. The van der Waals surface area contributed by atoms with Gasteiger partial charge in [0.15, 0.2) is 0 Å². The summed E-state index contributed by atoms with van der Waals surface area (Å²) in [5.74, 6) is -0.0271. The Labute approximate surface area is 123 Å². The van der Waals surface area contributed by atoms with E-state index in [2.05, 4.69) is 5.32 Å². The fourth-order valence-corrected chi connectivity index (χ4v) is 2.53.